The average molecular weight is 385 g/mol. The summed E-state index contributed by atoms with van der Waals surface area (Å²) in [4.78, 5) is 6.80. The van der Waals surface area contributed by atoms with Gasteiger partial charge in [0.15, 0.2) is 5.96 Å². The van der Waals surface area contributed by atoms with Crippen LogP contribution >= 0.6 is 0 Å². The highest BCUT2D eigenvalue weighted by molar-refractivity contribution is 5.79. The number of guanidine groups is 1. The van der Waals surface area contributed by atoms with E-state index in [1.807, 2.05) is 47.4 Å². The van der Waals surface area contributed by atoms with Gasteiger partial charge in [0, 0.05) is 51.5 Å². The molecule has 1 aliphatic rings. The molecule has 1 fully saturated rings. The van der Waals surface area contributed by atoms with Crippen LogP contribution in [0.3, 0.4) is 0 Å². The molecule has 28 heavy (non-hydrogen) atoms. The molecule has 0 saturated carbocycles. The van der Waals surface area contributed by atoms with Crippen molar-refractivity contribution in [3.8, 4) is 5.69 Å². The fourth-order valence-corrected chi connectivity index (χ4v) is 3.38. The maximum Gasteiger partial charge on any atom is 0.191 e. The van der Waals surface area contributed by atoms with Crippen molar-refractivity contribution in [2.45, 2.75) is 26.5 Å². The Morgan fingerprint density at radius 1 is 1.29 bits per heavy atom. The summed E-state index contributed by atoms with van der Waals surface area (Å²) in [5.74, 6) is 1.45. The van der Waals surface area contributed by atoms with Crippen molar-refractivity contribution in [2.24, 2.45) is 10.9 Å². The van der Waals surface area contributed by atoms with Crippen molar-refractivity contribution >= 4 is 5.96 Å². The molecular weight excluding hydrogens is 352 g/mol. The molecule has 1 aromatic carbocycles. The fourth-order valence-electron chi connectivity index (χ4n) is 3.38. The number of morpholine rings is 1. The zero-order valence-electron chi connectivity index (χ0n) is 17.1. The van der Waals surface area contributed by atoms with Crippen LogP contribution in [0.4, 0.5) is 0 Å². The molecule has 7 nitrogen and oxygen atoms in total. The summed E-state index contributed by atoms with van der Waals surface area (Å²) in [7, 11) is 1.79. The van der Waals surface area contributed by atoms with Crippen molar-refractivity contribution in [3.05, 3.63) is 48.3 Å². The molecule has 1 saturated heterocycles. The topological polar surface area (TPSA) is 66.7 Å². The smallest absolute Gasteiger partial charge is 0.191 e. The molecular formula is C21H32N6O. The predicted octanol–water partition coefficient (Wildman–Crippen LogP) is 1.89. The minimum Gasteiger partial charge on any atom is -0.374 e. The molecule has 1 aromatic heterocycles. The van der Waals surface area contributed by atoms with Gasteiger partial charge in [-0.05, 0) is 18.1 Å². The molecule has 2 heterocycles. The molecule has 2 aromatic rings. The number of benzene rings is 1. The van der Waals surface area contributed by atoms with Gasteiger partial charge in [0.1, 0.15) is 0 Å². The Balaban J connectivity index is 1.44. The number of para-hydroxylation sites is 1. The molecule has 1 aliphatic heterocycles. The number of nitrogens with one attached hydrogen (secondary N) is 2. The number of aliphatic imine (C=N–C) groups is 1. The molecule has 1 atom stereocenters. The first kappa shape index (κ1) is 20.4. The van der Waals surface area contributed by atoms with Crippen molar-refractivity contribution in [1.82, 2.24) is 25.3 Å². The zero-order chi connectivity index (χ0) is 19.8. The monoisotopic (exact) mass is 384 g/mol. The van der Waals surface area contributed by atoms with Gasteiger partial charge < -0.3 is 15.4 Å². The van der Waals surface area contributed by atoms with Crippen LogP contribution in [-0.4, -0.2) is 66.6 Å². The third-order valence-electron chi connectivity index (χ3n) is 4.68. The lowest BCUT2D eigenvalue weighted by Crippen LogP contribution is -2.50. The maximum absolute atomic E-state index is 5.90. The summed E-state index contributed by atoms with van der Waals surface area (Å²) in [6.07, 6.45) is 4.09. The highest BCUT2D eigenvalue weighted by Gasteiger charge is 2.21. The first-order valence-electron chi connectivity index (χ1n) is 10.0. The van der Waals surface area contributed by atoms with Crippen LogP contribution in [0.15, 0.2) is 47.7 Å². The number of ether oxygens (including phenoxy) is 1. The molecule has 7 heteroatoms. The largest absolute Gasteiger partial charge is 0.374 e. The lowest BCUT2D eigenvalue weighted by Gasteiger charge is -2.34. The summed E-state index contributed by atoms with van der Waals surface area (Å²) in [6, 6.07) is 10.1. The van der Waals surface area contributed by atoms with Crippen LogP contribution in [0.2, 0.25) is 0 Å². The van der Waals surface area contributed by atoms with Crippen LogP contribution in [0, 0.1) is 5.92 Å². The minimum absolute atomic E-state index is 0.187. The lowest BCUT2D eigenvalue weighted by atomic mass is 10.2. The summed E-state index contributed by atoms with van der Waals surface area (Å²) >= 11 is 0. The molecule has 0 bridgehead atoms. The second-order valence-corrected chi connectivity index (χ2v) is 7.58. The molecule has 2 N–H and O–H groups in total. The average Bonchev–Trinajstić information content (AvgIpc) is 3.18. The van der Waals surface area contributed by atoms with E-state index >= 15 is 0 Å². The van der Waals surface area contributed by atoms with Crippen LogP contribution in [0.5, 0.6) is 0 Å². The second-order valence-electron chi connectivity index (χ2n) is 7.58. The fraction of sp³-hybridized carbons (Fsp3) is 0.524. The Morgan fingerprint density at radius 3 is 2.86 bits per heavy atom. The summed E-state index contributed by atoms with van der Waals surface area (Å²) < 4.78 is 7.78. The van der Waals surface area contributed by atoms with Gasteiger partial charge in [0.25, 0.3) is 0 Å². The van der Waals surface area contributed by atoms with Gasteiger partial charge in [-0.2, -0.15) is 5.10 Å². The molecule has 3 rings (SSSR count). The Bertz CT molecular complexity index is 742. The van der Waals surface area contributed by atoms with E-state index in [1.54, 1.807) is 7.05 Å². The quantitative estimate of drug-likeness (QED) is 0.564. The van der Waals surface area contributed by atoms with Gasteiger partial charge in [-0.15, -0.1) is 0 Å². The van der Waals surface area contributed by atoms with Crippen molar-refractivity contribution in [2.75, 3.05) is 39.8 Å². The van der Waals surface area contributed by atoms with Crippen molar-refractivity contribution in [3.63, 3.8) is 0 Å². The second kappa shape index (κ2) is 10.2. The Morgan fingerprint density at radius 2 is 2.11 bits per heavy atom. The molecule has 0 aliphatic carbocycles. The highest BCUT2D eigenvalue weighted by atomic mass is 16.5. The number of aromatic nitrogens is 2. The summed E-state index contributed by atoms with van der Waals surface area (Å²) in [5, 5.41) is 11.2. The van der Waals surface area contributed by atoms with E-state index in [9.17, 15) is 0 Å². The SMILES string of the molecule is CN=C(NCc1cnn(-c2ccccc2)c1)NCC1CN(CC(C)C)CCO1. The van der Waals surface area contributed by atoms with E-state index in [0.29, 0.717) is 12.5 Å². The van der Waals surface area contributed by atoms with Gasteiger partial charge in [-0.1, -0.05) is 32.0 Å². The van der Waals surface area contributed by atoms with E-state index < -0.39 is 0 Å². The molecule has 0 spiro atoms. The standard InChI is InChI=1S/C21H32N6O/c1-17(2)14-26-9-10-28-20(16-26)13-24-21(22-3)23-11-18-12-25-27(15-18)19-7-5-4-6-8-19/h4-8,12,15,17,20H,9-11,13-14,16H2,1-3H3,(H2,22,23,24). The first-order chi connectivity index (χ1) is 13.6. The molecule has 0 radical (unpaired) electrons. The lowest BCUT2D eigenvalue weighted by molar-refractivity contribution is -0.0284. The van der Waals surface area contributed by atoms with Crippen LogP contribution in [0.25, 0.3) is 5.69 Å². The van der Waals surface area contributed by atoms with Crippen molar-refractivity contribution in [1.29, 1.82) is 0 Å². The number of nitrogens with zero attached hydrogens (tertiary/aromatic N) is 4. The Labute approximate surface area is 167 Å². The predicted molar refractivity (Wildman–Crippen MR) is 113 cm³/mol. The van der Waals surface area contributed by atoms with Crippen molar-refractivity contribution < 1.29 is 4.74 Å². The number of hydrogen-bond donors (Lipinski definition) is 2. The minimum atomic E-state index is 0.187. The molecule has 152 valence electrons. The Kier molecular flexibility index (Phi) is 7.45. The van der Waals surface area contributed by atoms with Crippen LogP contribution < -0.4 is 10.6 Å². The highest BCUT2D eigenvalue weighted by Crippen LogP contribution is 2.08. The van der Waals surface area contributed by atoms with E-state index in [4.69, 9.17) is 4.74 Å². The normalized spacial score (nSPS) is 18.4. The van der Waals surface area contributed by atoms with Gasteiger partial charge in [-0.3, -0.25) is 9.89 Å². The van der Waals surface area contributed by atoms with E-state index in [2.05, 4.69) is 39.5 Å². The van der Waals surface area contributed by atoms with Crippen LogP contribution in [0.1, 0.15) is 19.4 Å². The zero-order valence-corrected chi connectivity index (χ0v) is 17.1. The summed E-state index contributed by atoms with van der Waals surface area (Å²) in [5.41, 5.74) is 2.15. The maximum atomic E-state index is 5.90. The van der Waals surface area contributed by atoms with Gasteiger partial charge in [-0.25, -0.2) is 4.68 Å². The van der Waals surface area contributed by atoms with E-state index in [-0.39, 0.29) is 6.10 Å². The van der Waals surface area contributed by atoms with E-state index in [1.165, 1.54) is 0 Å². The third-order valence-corrected chi connectivity index (χ3v) is 4.68. The Hall–Kier alpha value is -2.38. The number of hydrogen-bond acceptors (Lipinski definition) is 4. The summed E-state index contributed by atoms with van der Waals surface area (Å²) in [6.45, 7) is 9.83. The first-order valence-corrected chi connectivity index (χ1v) is 10.0. The van der Waals surface area contributed by atoms with Gasteiger partial charge in [0.05, 0.1) is 24.6 Å². The molecule has 1 unspecified atom stereocenters. The van der Waals surface area contributed by atoms with Crippen LogP contribution in [-0.2, 0) is 11.3 Å². The van der Waals surface area contributed by atoms with Gasteiger partial charge >= 0.3 is 0 Å². The third kappa shape index (κ3) is 6.07. The van der Waals surface area contributed by atoms with E-state index in [0.717, 1.165) is 50.0 Å². The van der Waals surface area contributed by atoms with Gasteiger partial charge in [0.2, 0.25) is 0 Å². The molecule has 0 amide bonds. The number of rotatable bonds is 7.